The molecular formula is C15H26N4O. The lowest BCUT2D eigenvalue weighted by Gasteiger charge is -2.39. The van der Waals surface area contributed by atoms with Crippen LogP contribution < -0.4 is 11.1 Å². The molecule has 1 aliphatic heterocycles. The average molecular weight is 278 g/mol. The van der Waals surface area contributed by atoms with Gasteiger partial charge < -0.3 is 15.8 Å². The zero-order chi connectivity index (χ0) is 14.7. The van der Waals surface area contributed by atoms with Crippen LogP contribution in [0.1, 0.15) is 31.0 Å². The van der Waals surface area contributed by atoms with Crippen molar-refractivity contribution in [1.29, 1.82) is 0 Å². The van der Waals surface area contributed by atoms with Crippen LogP contribution in [0.4, 0.5) is 5.82 Å². The molecule has 112 valence electrons. The van der Waals surface area contributed by atoms with E-state index in [9.17, 15) is 0 Å². The maximum atomic E-state index is 6.08. The fourth-order valence-electron chi connectivity index (χ4n) is 2.88. The molecule has 0 amide bonds. The van der Waals surface area contributed by atoms with Crippen LogP contribution in [0.15, 0.2) is 12.3 Å². The SMILES string of the molecule is CNC(c1c(C)ccnc1N)C1CN(C(C)C)CCO1. The predicted octanol–water partition coefficient (Wildman–Crippen LogP) is 1.34. The number of aryl methyl sites for hydroxylation is 1. The first kappa shape index (κ1) is 15.2. The molecule has 1 fully saturated rings. The highest BCUT2D eigenvalue weighted by Gasteiger charge is 2.31. The maximum absolute atomic E-state index is 6.08. The Hall–Kier alpha value is -1.17. The van der Waals surface area contributed by atoms with E-state index in [4.69, 9.17) is 10.5 Å². The number of ether oxygens (including phenoxy) is 1. The maximum Gasteiger partial charge on any atom is 0.128 e. The van der Waals surface area contributed by atoms with Gasteiger partial charge in [-0.25, -0.2) is 4.98 Å². The molecule has 1 aromatic rings. The summed E-state index contributed by atoms with van der Waals surface area (Å²) in [5.74, 6) is 0.592. The summed E-state index contributed by atoms with van der Waals surface area (Å²) in [5, 5.41) is 3.36. The normalized spacial score (nSPS) is 22.1. The number of nitrogens with two attached hydrogens (primary N) is 1. The summed E-state index contributed by atoms with van der Waals surface area (Å²) in [4.78, 5) is 6.67. The van der Waals surface area contributed by atoms with Gasteiger partial charge >= 0.3 is 0 Å². The topological polar surface area (TPSA) is 63.4 Å². The van der Waals surface area contributed by atoms with Crippen molar-refractivity contribution in [3.8, 4) is 0 Å². The molecule has 5 nitrogen and oxygen atoms in total. The van der Waals surface area contributed by atoms with E-state index in [0.717, 1.165) is 30.8 Å². The van der Waals surface area contributed by atoms with E-state index in [2.05, 4.69) is 36.0 Å². The molecule has 3 N–H and O–H groups in total. The van der Waals surface area contributed by atoms with Gasteiger partial charge in [-0.1, -0.05) is 0 Å². The standard InChI is InChI=1S/C15H26N4O/c1-10(2)19-7-8-20-12(9-19)14(17-4)13-11(3)5-6-18-15(13)16/h5-6,10,12,14,17H,7-9H2,1-4H3,(H2,16,18). The zero-order valence-corrected chi connectivity index (χ0v) is 12.9. The minimum atomic E-state index is 0.0743. The lowest BCUT2D eigenvalue weighted by molar-refractivity contribution is -0.0550. The number of morpholine rings is 1. The number of nitrogens with zero attached hydrogens (tertiary/aromatic N) is 2. The average Bonchev–Trinajstić information content (AvgIpc) is 2.43. The van der Waals surface area contributed by atoms with Crippen LogP contribution in [0.2, 0.25) is 0 Å². The van der Waals surface area contributed by atoms with Crippen LogP contribution in [-0.4, -0.2) is 48.8 Å². The summed E-state index contributed by atoms with van der Waals surface area (Å²) in [6.07, 6.45) is 1.85. The third kappa shape index (κ3) is 3.11. The van der Waals surface area contributed by atoms with Gasteiger partial charge in [0.15, 0.2) is 0 Å². The molecule has 0 saturated carbocycles. The van der Waals surface area contributed by atoms with Gasteiger partial charge in [0.05, 0.1) is 18.8 Å². The minimum Gasteiger partial charge on any atom is -0.383 e. The van der Waals surface area contributed by atoms with Gasteiger partial charge in [-0.15, -0.1) is 0 Å². The summed E-state index contributed by atoms with van der Waals surface area (Å²) < 4.78 is 5.99. The highest BCUT2D eigenvalue weighted by Crippen LogP contribution is 2.28. The molecule has 2 atom stereocenters. The molecule has 2 heterocycles. The molecule has 2 unspecified atom stereocenters. The molecule has 0 spiro atoms. The Morgan fingerprint density at radius 3 is 2.85 bits per heavy atom. The van der Waals surface area contributed by atoms with Crippen LogP contribution in [0.5, 0.6) is 0 Å². The number of rotatable bonds is 4. The lowest BCUT2D eigenvalue weighted by Crippen LogP contribution is -2.50. The molecule has 0 aromatic carbocycles. The Balaban J connectivity index is 2.23. The van der Waals surface area contributed by atoms with Crippen molar-refractivity contribution < 1.29 is 4.74 Å². The second-order valence-corrected chi connectivity index (χ2v) is 5.69. The van der Waals surface area contributed by atoms with E-state index in [1.165, 1.54) is 0 Å². The molecule has 1 saturated heterocycles. The van der Waals surface area contributed by atoms with Gasteiger partial charge in [-0.2, -0.15) is 0 Å². The summed E-state index contributed by atoms with van der Waals surface area (Å²) in [6, 6.07) is 2.61. The molecule has 1 aromatic heterocycles. The zero-order valence-electron chi connectivity index (χ0n) is 12.9. The van der Waals surface area contributed by atoms with Crippen LogP contribution >= 0.6 is 0 Å². The second-order valence-electron chi connectivity index (χ2n) is 5.69. The van der Waals surface area contributed by atoms with Crippen molar-refractivity contribution in [2.24, 2.45) is 0 Å². The minimum absolute atomic E-state index is 0.0743. The van der Waals surface area contributed by atoms with Gasteiger partial charge in [-0.05, 0) is 39.4 Å². The summed E-state index contributed by atoms with van der Waals surface area (Å²) in [7, 11) is 1.95. The third-order valence-corrected chi connectivity index (χ3v) is 4.09. The number of nitrogens with one attached hydrogen (secondary N) is 1. The Morgan fingerprint density at radius 2 is 2.25 bits per heavy atom. The number of likely N-dealkylation sites (N-methyl/N-ethyl adjacent to an activating group) is 1. The Kier molecular flexibility index (Phi) is 4.96. The number of aromatic nitrogens is 1. The van der Waals surface area contributed by atoms with Crippen molar-refractivity contribution >= 4 is 5.82 Å². The van der Waals surface area contributed by atoms with Crippen LogP contribution in [0, 0.1) is 6.92 Å². The molecule has 0 bridgehead atoms. The highest BCUT2D eigenvalue weighted by atomic mass is 16.5. The Labute approximate surface area is 121 Å². The van der Waals surface area contributed by atoms with Gasteiger partial charge in [0.2, 0.25) is 0 Å². The van der Waals surface area contributed by atoms with E-state index in [1.807, 2.05) is 13.1 Å². The molecular weight excluding hydrogens is 252 g/mol. The summed E-state index contributed by atoms with van der Waals surface area (Å²) >= 11 is 0. The fraction of sp³-hybridized carbons (Fsp3) is 0.667. The first-order valence-corrected chi connectivity index (χ1v) is 7.28. The van der Waals surface area contributed by atoms with Gasteiger partial charge in [-0.3, -0.25) is 4.90 Å². The van der Waals surface area contributed by atoms with E-state index >= 15 is 0 Å². The first-order chi connectivity index (χ1) is 9.54. The van der Waals surface area contributed by atoms with Crippen molar-refractivity contribution in [3.63, 3.8) is 0 Å². The fourth-order valence-corrected chi connectivity index (χ4v) is 2.88. The number of anilines is 1. The smallest absolute Gasteiger partial charge is 0.128 e. The number of hydrogen-bond donors (Lipinski definition) is 2. The monoisotopic (exact) mass is 278 g/mol. The Bertz CT molecular complexity index is 429. The largest absolute Gasteiger partial charge is 0.383 e. The van der Waals surface area contributed by atoms with E-state index in [0.29, 0.717) is 11.9 Å². The summed E-state index contributed by atoms with van der Waals surface area (Å²) in [6.45, 7) is 9.19. The van der Waals surface area contributed by atoms with E-state index in [1.54, 1.807) is 6.20 Å². The third-order valence-electron chi connectivity index (χ3n) is 4.09. The molecule has 0 radical (unpaired) electrons. The predicted molar refractivity (Wildman–Crippen MR) is 81.6 cm³/mol. The Morgan fingerprint density at radius 1 is 1.50 bits per heavy atom. The molecule has 0 aliphatic carbocycles. The van der Waals surface area contributed by atoms with E-state index in [-0.39, 0.29) is 12.1 Å². The van der Waals surface area contributed by atoms with Crippen molar-refractivity contribution in [1.82, 2.24) is 15.2 Å². The first-order valence-electron chi connectivity index (χ1n) is 7.28. The van der Waals surface area contributed by atoms with Gasteiger partial charge in [0.25, 0.3) is 0 Å². The van der Waals surface area contributed by atoms with Crippen LogP contribution in [0.25, 0.3) is 0 Å². The highest BCUT2D eigenvalue weighted by molar-refractivity contribution is 5.46. The van der Waals surface area contributed by atoms with Gasteiger partial charge in [0.1, 0.15) is 5.82 Å². The second kappa shape index (κ2) is 6.52. The number of pyridine rings is 1. The van der Waals surface area contributed by atoms with Crippen molar-refractivity contribution in [2.75, 3.05) is 32.5 Å². The van der Waals surface area contributed by atoms with Crippen LogP contribution in [-0.2, 0) is 4.74 Å². The van der Waals surface area contributed by atoms with Crippen LogP contribution in [0.3, 0.4) is 0 Å². The van der Waals surface area contributed by atoms with Crippen molar-refractivity contribution in [3.05, 3.63) is 23.4 Å². The summed E-state index contributed by atoms with van der Waals surface area (Å²) in [5.41, 5.74) is 8.29. The molecule has 20 heavy (non-hydrogen) atoms. The van der Waals surface area contributed by atoms with Gasteiger partial charge in [0, 0.05) is 30.9 Å². The lowest BCUT2D eigenvalue weighted by atomic mass is 9.96. The van der Waals surface area contributed by atoms with Crippen molar-refractivity contribution in [2.45, 2.75) is 39.0 Å². The molecule has 2 rings (SSSR count). The quantitative estimate of drug-likeness (QED) is 0.870. The van der Waals surface area contributed by atoms with E-state index < -0.39 is 0 Å². The number of hydrogen-bond acceptors (Lipinski definition) is 5. The number of nitrogen functional groups attached to an aromatic ring is 1. The molecule has 5 heteroatoms. The molecule has 1 aliphatic rings.